The Balaban J connectivity index is 1.12. The Kier molecular flexibility index (Phi) is 6.66. The highest BCUT2D eigenvalue weighted by Gasteiger charge is 2.24. The highest BCUT2D eigenvalue weighted by molar-refractivity contribution is 6.33. The van der Waals surface area contributed by atoms with E-state index in [0.29, 0.717) is 5.95 Å². The van der Waals surface area contributed by atoms with Gasteiger partial charge in [-0.25, -0.2) is 9.97 Å². The van der Waals surface area contributed by atoms with Gasteiger partial charge >= 0.3 is 0 Å². The molecule has 13 aromatic rings. The van der Waals surface area contributed by atoms with E-state index >= 15 is 0 Å². The van der Waals surface area contributed by atoms with Crippen molar-refractivity contribution in [3.8, 4) is 34.0 Å². The van der Waals surface area contributed by atoms with Crippen LogP contribution in [-0.4, -0.2) is 19.1 Å². The van der Waals surface area contributed by atoms with Crippen LogP contribution in [0.3, 0.4) is 0 Å². The predicted molar refractivity (Wildman–Crippen MR) is 244 cm³/mol. The van der Waals surface area contributed by atoms with E-state index in [0.717, 1.165) is 71.7 Å². The van der Waals surface area contributed by atoms with Gasteiger partial charge in [0.2, 0.25) is 5.95 Å². The van der Waals surface area contributed by atoms with Gasteiger partial charge in [-0.05, 0) is 82.6 Å². The van der Waals surface area contributed by atoms with Gasteiger partial charge in [-0.2, -0.15) is 0 Å². The van der Waals surface area contributed by atoms with Crippen molar-refractivity contribution in [2.45, 2.75) is 0 Å². The van der Waals surface area contributed by atoms with E-state index in [2.05, 4.69) is 185 Å². The van der Waals surface area contributed by atoms with Crippen LogP contribution in [0.25, 0.3) is 121 Å². The molecule has 5 nitrogen and oxygen atoms in total. The Morgan fingerprint density at radius 1 is 0.356 bits per heavy atom. The first-order chi connectivity index (χ1) is 29.3. The Hall–Kier alpha value is -8.02. The fourth-order valence-electron chi connectivity index (χ4n) is 9.53. The zero-order valence-corrected chi connectivity index (χ0v) is 31.7. The van der Waals surface area contributed by atoms with E-state index in [9.17, 15) is 0 Å². The lowest BCUT2D eigenvalue weighted by Gasteiger charge is -2.12. The van der Waals surface area contributed by atoms with E-state index in [1.54, 1.807) is 0 Å². The number of rotatable bonds is 4. The van der Waals surface area contributed by atoms with E-state index in [1.165, 1.54) is 43.6 Å². The van der Waals surface area contributed by atoms with Crippen molar-refractivity contribution >= 4 is 87.2 Å². The lowest BCUT2D eigenvalue weighted by atomic mass is 10.0. The summed E-state index contributed by atoms with van der Waals surface area (Å²) in [6, 6.07) is 69.0. The Morgan fingerprint density at radius 3 is 1.92 bits per heavy atom. The minimum Gasteiger partial charge on any atom is -0.456 e. The molecule has 0 bridgehead atoms. The predicted octanol–water partition coefficient (Wildman–Crippen LogP) is 14.2. The first kappa shape index (κ1) is 32.1. The van der Waals surface area contributed by atoms with Crippen LogP contribution in [0.1, 0.15) is 0 Å². The van der Waals surface area contributed by atoms with Crippen LogP contribution in [0.15, 0.2) is 199 Å². The number of furan rings is 1. The monoisotopic (exact) mass is 752 g/mol. The molecule has 59 heavy (non-hydrogen) atoms. The molecule has 0 radical (unpaired) electrons. The van der Waals surface area contributed by atoms with Crippen LogP contribution < -0.4 is 0 Å². The molecule has 0 aliphatic heterocycles. The number of benzene rings is 9. The van der Waals surface area contributed by atoms with E-state index in [4.69, 9.17) is 14.4 Å². The quantitative estimate of drug-likeness (QED) is 0.180. The van der Waals surface area contributed by atoms with Crippen molar-refractivity contribution in [2.75, 3.05) is 0 Å². The van der Waals surface area contributed by atoms with E-state index in [-0.39, 0.29) is 0 Å². The van der Waals surface area contributed by atoms with Gasteiger partial charge in [0.05, 0.1) is 33.3 Å². The number of para-hydroxylation sites is 3. The maximum absolute atomic E-state index is 6.36. The van der Waals surface area contributed by atoms with E-state index < -0.39 is 0 Å². The summed E-state index contributed by atoms with van der Waals surface area (Å²) in [5.74, 6) is 0.623. The Labute approximate surface area is 337 Å². The third kappa shape index (κ3) is 4.67. The first-order valence-electron chi connectivity index (χ1n) is 20.0. The Bertz CT molecular complexity index is 3850. The van der Waals surface area contributed by atoms with Gasteiger partial charge in [-0.15, -0.1) is 0 Å². The second kappa shape index (κ2) is 12.2. The summed E-state index contributed by atoms with van der Waals surface area (Å²) in [5, 5.41) is 10.4. The smallest absolute Gasteiger partial charge is 0.235 e. The molecule has 5 heteroatoms. The highest BCUT2D eigenvalue weighted by atomic mass is 16.3. The van der Waals surface area contributed by atoms with Crippen molar-refractivity contribution in [1.29, 1.82) is 0 Å². The van der Waals surface area contributed by atoms with Crippen molar-refractivity contribution in [1.82, 2.24) is 19.1 Å². The third-order valence-electron chi connectivity index (χ3n) is 12.1. The van der Waals surface area contributed by atoms with Gasteiger partial charge < -0.3 is 8.98 Å². The molecule has 0 aliphatic rings. The average molecular weight is 753 g/mol. The zero-order chi connectivity index (χ0) is 38.6. The van der Waals surface area contributed by atoms with Crippen LogP contribution in [0.5, 0.6) is 0 Å². The molecule has 274 valence electrons. The molecule has 0 aliphatic carbocycles. The van der Waals surface area contributed by atoms with Crippen molar-refractivity contribution < 1.29 is 4.42 Å². The third-order valence-corrected chi connectivity index (χ3v) is 12.1. The second-order valence-corrected chi connectivity index (χ2v) is 15.3. The summed E-state index contributed by atoms with van der Waals surface area (Å²) in [5.41, 5.74) is 12.3. The van der Waals surface area contributed by atoms with Crippen LogP contribution >= 0.6 is 0 Å². The van der Waals surface area contributed by atoms with Crippen molar-refractivity contribution in [3.05, 3.63) is 194 Å². The largest absolute Gasteiger partial charge is 0.456 e. The highest BCUT2D eigenvalue weighted by Crippen LogP contribution is 2.45. The molecule has 0 N–H and O–H groups in total. The zero-order valence-electron chi connectivity index (χ0n) is 31.7. The normalized spacial score (nSPS) is 12.1. The van der Waals surface area contributed by atoms with Gasteiger partial charge in [0.15, 0.2) is 0 Å². The van der Waals surface area contributed by atoms with Crippen molar-refractivity contribution in [2.24, 2.45) is 0 Å². The van der Waals surface area contributed by atoms with Gasteiger partial charge in [-0.1, -0.05) is 133 Å². The fourth-order valence-corrected chi connectivity index (χ4v) is 9.53. The molecular weight excluding hydrogens is 721 g/mol. The summed E-state index contributed by atoms with van der Waals surface area (Å²) in [6.45, 7) is 0. The fraction of sp³-hybridized carbons (Fsp3) is 0. The summed E-state index contributed by atoms with van der Waals surface area (Å²) < 4.78 is 11.1. The van der Waals surface area contributed by atoms with Crippen LogP contribution in [0.2, 0.25) is 0 Å². The van der Waals surface area contributed by atoms with Crippen LogP contribution in [0, 0.1) is 0 Å². The maximum Gasteiger partial charge on any atom is 0.235 e. The average Bonchev–Trinajstić information content (AvgIpc) is 3.96. The van der Waals surface area contributed by atoms with E-state index in [1.807, 2.05) is 18.2 Å². The molecule has 0 unspecified atom stereocenters. The molecule has 0 atom stereocenters. The number of fused-ring (bicyclic) bond motifs is 13. The maximum atomic E-state index is 6.36. The summed E-state index contributed by atoms with van der Waals surface area (Å²) in [4.78, 5) is 10.8. The lowest BCUT2D eigenvalue weighted by molar-refractivity contribution is 0.669. The molecule has 13 rings (SSSR count). The topological polar surface area (TPSA) is 48.8 Å². The standard InChI is InChI=1S/C54H32N4O/c1-2-13-33(14-3-1)35-16-12-17-37(31-35)57-45-28-26-34-15-4-5-18-38(34)50(45)52-47(57)30-29-46-51(52)42-21-7-10-23-44(42)58(46)54-55-43-22-9-6-20-41(43)53(56-54)36-25-27-40-39-19-8-11-24-48(39)59-49(40)32-36/h1-32H. The van der Waals surface area contributed by atoms with Crippen LogP contribution in [-0.2, 0) is 0 Å². The van der Waals surface area contributed by atoms with Gasteiger partial charge in [0.25, 0.3) is 0 Å². The molecule has 4 heterocycles. The van der Waals surface area contributed by atoms with Crippen molar-refractivity contribution in [3.63, 3.8) is 0 Å². The molecule has 0 spiro atoms. The number of hydrogen-bond acceptors (Lipinski definition) is 3. The molecule has 4 aromatic heterocycles. The van der Waals surface area contributed by atoms with Gasteiger partial charge in [-0.3, -0.25) is 4.57 Å². The second-order valence-electron chi connectivity index (χ2n) is 15.3. The molecule has 9 aromatic carbocycles. The molecule has 0 amide bonds. The van der Waals surface area contributed by atoms with Crippen LogP contribution in [0.4, 0.5) is 0 Å². The molecule has 0 saturated heterocycles. The summed E-state index contributed by atoms with van der Waals surface area (Å²) in [6.07, 6.45) is 0. The lowest BCUT2D eigenvalue weighted by Crippen LogP contribution is -2.03. The number of hydrogen-bond donors (Lipinski definition) is 0. The molecule has 0 fully saturated rings. The minimum atomic E-state index is 0.623. The first-order valence-corrected chi connectivity index (χ1v) is 20.0. The Morgan fingerprint density at radius 2 is 1.02 bits per heavy atom. The van der Waals surface area contributed by atoms with Gasteiger partial charge in [0.1, 0.15) is 11.2 Å². The number of nitrogens with zero attached hydrogens (tertiary/aromatic N) is 4. The minimum absolute atomic E-state index is 0.623. The molecule has 0 saturated carbocycles. The summed E-state index contributed by atoms with van der Waals surface area (Å²) in [7, 11) is 0. The summed E-state index contributed by atoms with van der Waals surface area (Å²) >= 11 is 0. The van der Waals surface area contributed by atoms with Gasteiger partial charge in [0, 0.05) is 49.0 Å². The molecular formula is C54H32N4O. The number of aromatic nitrogens is 4. The SMILES string of the molecule is c1ccc(-c2cccc(-n3c4ccc5ccccc5c4c4c5c6ccccc6n(-c6nc(-c7ccc8c(c7)oc7ccccc78)c7ccccc7n6)c5ccc43)c2)cc1.